The largest absolute Gasteiger partial charge is 0.381 e. The molecule has 0 aliphatic heterocycles. The molecule has 0 bridgehead atoms. The molecule has 1 aliphatic rings. The van der Waals surface area contributed by atoms with Crippen molar-refractivity contribution in [3.63, 3.8) is 0 Å². The summed E-state index contributed by atoms with van der Waals surface area (Å²) in [6, 6.07) is 0.502. The number of rotatable bonds is 3. The Labute approximate surface area is 87.9 Å². The molecular weight excluding hydrogens is 198 g/mol. The zero-order valence-corrected chi connectivity index (χ0v) is 9.09. The molecule has 1 saturated carbocycles. The maximum Gasteiger partial charge on any atom is 0.202 e. The van der Waals surface area contributed by atoms with Crippen molar-refractivity contribution in [2.45, 2.75) is 37.8 Å². The zero-order chi connectivity index (χ0) is 9.80. The Morgan fingerprint density at radius 2 is 2.50 bits per heavy atom. The normalized spacial score (nSPS) is 27.5. The van der Waals surface area contributed by atoms with Crippen molar-refractivity contribution in [3.05, 3.63) is 6.33 Å². The zero-order valence-electron chi connectivity index (χ0n) is 8.27. The third-order valence-electron chi connectivity index (χ3n) is 2.65. The highest BCUT2D eigenvalue weighted by Gasteiger charge is 2.21. The Morgan fingerprint density at radius 3 is 3.21 bits per heavy atom. The minimum atomic E-state index is 0.411. The number of ether oxygens (including phenoxy) is 1. The maximum atomic E-state index is 5.37. The number of aromatic nitrogens is 2. The summed E-state index contributed by atoms with van der Waals surface area (Å²) in [7, 11) is 1.79. The topological polar surface area (TPSA) is 47.0 Å². The van der Waals surface area contributed by atoms with Crippen molar-refractivity contribution in [2.75, 3.05) is 12.4 Å². The highest BCUT2D eigenvalue weighted by atomic mass is 32.1. The van der Waals surface area contributed by atoms with Crippen LogP contribution in [-0.2, 0) is 4.74 Å². The number of nitrogens with one attached hydrogen (secondary N) is 1. The van der Waals surface area contributed by atoms with Gasteiger partial charge in [0.2, 0.25) is 5.13 Å². The minimum Gasteiger partial charge on any atom is -0.381 e. The molecule has 1 heterocycles. The molecule has 2 rings (SSSR count). The van der Waals surface area contributed by atoms with Gasteiger partial charge in [-0.05, 0) is 25.7 Å². The lowest BCUT2D eigenvalue weighted by molar-refractivity contribution is 0.0669. The number of methoxy groups -OCH3 is 1. The lowest BCUT2D eigenvalue weighted by Gasteiger charge is -2.28. The second-order valence-corrected chi connectivity index (χ2v) is 4.39. The summed E-state index contributed by atoms with van der Waals surface area (Å²) in [5, 5.41) is 4.31. The molecule has 1 aromatic rings. The molecule has 0 amide bonds. The van der Waals surface area contributed by atoms with E-state index in [2.05, 4.69) is 14.7 Å². The standard InChI is InChI=1S/C9H15N3OS/c1-13-8-4-2-3-7(5-8)12-9-10-6-11-14-9/h6-8H,2-5H2,1H3,(H,10,11,12). The quantitative estimate of drug-likeness (QED) is 0.833. The van der Waals surface area contributed by atoms with Gasteiger partial charge in [-0.3, -0.25) is 0 Å². The molecule has 14 heavy (non-hydrogen) atoms. The first-order chi connectivity index (χ1) is 6.88. The molecule has 0 spiro atoms. The van der Waals surface area contributed by atoms with Crippen LogP contribution < -0.4 is 5.32 Å². The predicted molar refractivity (Wildman–Crippen MR) is 56.6 cm³/mol. The number of hydrogen-bond acceptors (Lipinski definition) is 5. The molecule has 0 radical (unpaired) electrons. The molecule has 2 atom stereocenters. The van der Waals surface area contributed by atoms with Crippen LogP contribution in [0.5, 0.6) is 0 Å². The van der Waals surface area contributed by atoms with Crippen LogP contribution in [0.1, 0.15) is 25.7 Å². The van der Waals surface area contributed by atoms with Crippen molar-refractivity contribution < 1.29 is 4.74 Å². The molecule has 4 nitrogen and oxygen atoms in total. The van der Waals surface area contributed by atoms with E-state index in [9.17, 15) is 0 Å². The van der Waals surface area contributed by atoms with Crippen LogP contribution in [0.15, 0.2) is 6.33 Å². The van der Waals surface area contributed by atoms with E-state index in [4.69, 9.17) is 4.74 Å². The summed E-state index contributed by atoms with van der Waals surface area (Å²) in [6.45, 7) is 0. The van der Waals surface area contributed by atoms with Gasteiger partial charge in [0.05, 0.1) is 6.10 Å². The van der Waals surface area contributed by atoms with Crippen LogP contribution in [0.2, 0.25) is 0 Å². The molecule has 1 aromatic heterocycles. The molecule has 1 aliphatic carbocycles. The van der Waals surface area contributed by atoms with Gasteiger partial charge < -0.3 is 10.1 Å². The second-order valence-electron chi connectivity index (χ2n) is 3.61. The fraction of sp³-hybridized carbons (Fsp3) is 0.778. The molecule has 1 fully saturated rings. The Balaban J connectivity index is 1.86. The Bertz CT molecular complexity index is 265. The van der Waals surface area contributed by atoms with E-state index in [0.717, 1.165) is 11.6 Å². The average molecular weight is 213 g/mol. The first-order valence-electron chi connectivity index (χ1n) is 4.94. The highest BCUT2D eigenvalue weighted by molar-refractivity contribution is 7.09. The van der Waals surface area contributed by atoms with Gasteiger partial charge in [-0.2, -0.15) is 4.37 Å². The van der Waals surface area contributed by atoms with Gasteiger partial charge in [0, 0.05) is 24.7 Å². The average Bonchev–Trinajstić information content (AvgIpc) is 2.71. The molecular formula is C9H15N3OS. The van der Waals surface area contributed by atoms with Crippen LogP contribution in [0, 0.1) is 0 Å². The fourth-order valence-corrected chi connectivity index (χ4v) is 2.41. The van der Waals surface area contributed by atoms with E-state index in [-0.39, 0.29) is 0 Å². The van der Waals surface area contributed by atoms with Gasteiger partial charge in [0.15, 0.2) is 0 Å². The van der Waals surface area contributed by atoms with Crippen molar-refractivity contribution >= 4 is 16.7 Å². The molecule has 78 valence electrons. The maximum absolute atomic E-state index is 5.37. The monoisotopic (exact) mass is 213 g/mol. The van der Waals surface area contributed by atoms with E-state index < -0.39 is 0 Å². The van der Waals surface area contributed by atoms with E-state index >= 15 is 0 Å². The molecule has 0 aromatic carbocycles. The summed E-state index contributed by atoms with van der Waals surface area (Å²) in [5.74, 6) is 0. The van der Waals surface area contributed by atoms with E-state index in [1.165, 1.54) is 30.8 Å². The smallest absolute Gasteiger partial charge is 0.202 e. The fourth-order valence-electron chi connectivity index (χ4n) is 1.90. The summed E-state index contributed by atoms with van der Waals surface area (Å²) in [5.41, 5.74) is 0. The number of nitrogens with zero attached hydrogens (tertiary/aromatic N) is 2. The van der Waals surface area contributed by atoms with Crippen LogP contribution in [0.3, 0.4) is 0 Å². The molecule has 2 unspecified atom stereocenters. The highest BCUT2D eigenvalue weighted by Crippen LogP contribution is 2.23. The summed E-state index contributed by atoms with van der Waals surface area (Å²) in [6.07, 6.45) is 6.70. The lowest BCUT2D eigenvalue weighted by atomic mass is 9.93. The third kappa shape index (κ3) is 2.42. The Morgan fingerprint density at radius 1 is 1.57 bits per heavy atom. The van der Waals surface area contributed by atoms with Crippen molar-refractivity contribution in [1.29, 1.82) is 0 Å². The summed E-state index contributed by atoms with van der Waals surface area (Å²) < 4.78 is 9.33. The van der Waals surface area contributed by atoms with Crippen LogP contribution in [-0.4, -0.2) is 28.6 Å². The third-order valence-corrected chi connectivity index (χ3v) is 3.24. The summed E-state index contributed by atoms with van der Waals surface area (Å²) >= 11 is 1.41. The van der Waals surface area contributed by atoms with Gasteiger partial charge in [-0.25, -0.2) is 4.98 Å². The lowest BCUT2D eigenvalue weighted by Crippen LogP contribution is -2.30. The van der Waals surface area contributed by atoms with Crippen molar-refractivity contribution in [2.24, 2.45) is 0 Å². The van der Waals surface area contributed by atoms with Gasteiger partial charge >= 0.3 is 0 Å². The van der Waals surface area contributed by atoms with Gasteiger partial charge in [0.1, 0.15) is 6.33 Å². The Hall–Kier alpha value is -0.680. The van der Waals surface area contributed by atoms with E-state index in [1.54, 1.807) is 13.4 Å². The van der Waals surface area contributed by atoms with Crippen LogP contribution in [0.25, 0.3) is 0 Å². The van der Waals surface area contributed by atoms with Crippen LogP contribution >= 0.6 is 11.5 Å². The molecule has 0 saturated heterocycles. The predicted octanol–water partition coefficient (Wildman–Crippen LogP) is 1.91. The number of anilines is 1. The van der Waals surface area contributed by atoms with E-state index in [1.807, 2.05) is 0 Å². The van der Waals surface area contributed by atoms with Crippen LogP contribution in [0.4, 0.5) is 5.13 Å². The van der Waals surface area contributed by atoms with Gasteiger partial charge in [0.25, 0.3) is 0 Å². The molecule has 5 heteroatoms. The first kappa shape index (κ1) is 9.86. The van der Waals surface area contributed by atoms with Gasteiger partial charge in [-0.1, -0.05) is 0 Å². The molecule has 1 N–H and O–H groups in total. The van der Waals surface area contributed by atoms with Crippen molar-refractivity contribution in [1.82, 2.24) is 9.36 Å². The van der Waals surface area contributed by atoms with Crippen molar-refractivity contribution in [3.8, 4) is 0 Å². The Kier molecular flexibility index (Phi) is 3.31. The second kappa shape index (κ2) is 4.70. The number of hydrogen-bond donors (Lipinski definition) is 1. The van der Waals surface area contributed by atoms with Gasteiger partial charge in [-0.15, -0.1) is 0 Å². The minimum absolute atomic E-state index is 0.411. The first-order valence-corrected chi connectivity index (χ1v) is 5.72. The van der Waals surface area contributed by atoms with E-state index in [0.29, 0.717) is 12.1 Å². The summed E-state index contributed by atoms with van der Waals surface area (Å²) in [4.78, 5) is 4.12. The SMILES string of the molecule is COC1CCCC(Nc2ncns2)C1.